The van der Waals surface area contributed by atoms with Crippen molar-refractivity contribution in [2.45, 2.75) is 32.1 Å². The molecule has 0 amide bonds. The molecule has 0 aromatic heterocycles. The molecule has 0 aliphatic heterocycles. The van der Waals surface area contributed by atoms with E-state index in [9.17, 15) is 0 Å². The van der Waals surface area contributed by atoms with Gasteiger partial charge in [-0.2, -0.15) is 0 Å². The fraction of sp³-hybridized carbons (Fsp3) is 0.625. The normalized spacial score (nSPS) is 27.0. The third-order valence-electron chi connectivity index (χ3n) is 2.10. The predicted octanol–water partition coefficient (Wildman–Crippen LogP) is 2.34. The van der Waals surface area contributed by atoms with Gasteiger partial charge in [-0.25, -0.2) is 0 Å². The summed E-state index contributed by atoms with van der Waals surface area (Å²) in [6, 6.07) is 0. The molecule has 0 heteroatoms. The lowest BCUT2D eigenvalue weighted by Crippen LogP contribution is -1.72. The molecule has 42 valence electrons. The predicted molar refractivity (Wildman–Crippen MR) is 33.4 cm³/mol. The van der Waals surface area contributed by atoms with Crippen molar-refractivity contribution in [2.24, 2.45) is 0 Å². The van der Waals surface area contributed by atoms with Crippen molar-refractivity contribution in [3.63, 3.8) is 0 Å². The lowest BCUT2D eigenvalue weighted by Gasteiger charge is -1.89. The third-order valence-corrected chi connectivity index (χ3v) is 2.10. The van der Waals surface area contributed by atoms with Gasteiger partial charge in [-0.3, -0.25) is 0 Å². The van der Waals surface area contributed by atoms with Crippen LogP contribution in [0.4, 0.5) is 0 Å². The van der Waals surface area contributed by atoms with Crippen LogP contribution in [0, 0.1) is 6.42 Å². The second kappa shape index (κ2) is 1.61. The maximum Gasteiger partial charge on any atom is 0.0123 e. The molecule has 0 unspecified atom stereocenters. The molecule has 0 aromatic rings. The van der Waals surface area contributed by atoms with Gasteiger partial charge in [0.1, 0.15) is 0 Å². The minimum absolute atomic E-state index is 1.21. The van der Waals surface area contributed by atoms with E-state index in [1.807, 2.05) is 0 Å². The maximum absolute atomic E-state index is 3.40. The number of allylic oxidation sites excluding steroid dienone is 2. The van der Waals surface area contributed by atoms with Crippen LogP contribution in [0.25, 0.3) is 0 Å². The Hall–Kier alpha value is -0.260. The smallest absolute Gasteiger partial charge is 0.0123 e. The zero-order chi connectivity index (χ0) is 5.40. The standard InChI is InChI=1S/C8H10/c1-3-7-5-2-6-8(7)4-1/h1-5H2. The molecule has 0 spiro atoms. The largest absolute Gasteiger partial charge is 0.0703 e. The fourth-order valence-corrected chi connectivity index (χ4v) is 1.66. The lowest BCUT2D eigenvalue weighted by atomic mass is 10.2. The zero-order valence-corrected chi connectivity index (χ0v) is 5.04. The van der Waals surface area contributed by atoms with Gasteiger partial charge >= 0.3 is 0 Å². The van der Waals surface area contributed by atoms with Gasteiger partial charge in [0.2, 0.25) is 0 Å². The Morgan fingerprint density at radius 2 is 2.12 bits per heavy atom. The molecule has 2 aliphatic carbocycles. The van der Waals surface area contributed by atoms with Crippen molar-refractivity contribution >= 4 is 0 Å². The summed E-state index contributed by atoms with van der Waals surface area (Å²) < 4.78 is 0. The molecule has 0 aromatic carbocycles. The third kappa shape index (κ3) is 0.521. The quantitative estimate of drug-likeness (QED) is 0.444. The lowest BCUT2D eigenvalue weighted by molar-refractivity contribution is 0.827. The van der Waals surface area contributed by atoms with Crippen LogP contribution in [-0.4, -0.2) is 0 Å². The van der Waals surface area contributed by atoms with Crippen molar-refractivity contribution in [1.82, 2.24) is 0 Å². The van der Waals surface area contributed by atoms with Crippen molar-refractivity contribution in [1.29, 1.82) is 0 Å². The van der Waals surface area contributed by atoms with Crippen molar-refractivity contribution in [3.05, 3.63) is 17.6 Å². The monoisotopic (exact) mass is 106 g/mol. The van der Waals surface area contributed by atoms with Gasteiger partial charge in [0.25, 0.3) is 0 Å². The van der Waals surface area contributed by atoms with E-state index in [0.29, 0.717) is 0 Å². The highest BCUT2D eigenvalue weighted by Gasteiger charge is 2.18. The van der Waals surface area contributed by atoms with E-state index in [1.54, 1.807) is 11.1 Å². The molecule has 2 aliphatic rings. The van der Waals surface area contributed by atoms with E-state index >= 15 is 0 Å². The van der Waals surface area contributed by atoms with Crippen molar-refractivity contribution in [3.8, 4) is 0 Å². The summed E-state index contributed by atoms with van der Waals surface area (Å²) in [7, 11) is 0. The first-order valence-corrected chi connectivity index (χ1v) is 3.41. The SMILES string of the molecule is [C]1CCC2=C1CCC2. The minimum atomic E-state index is 1.21. The molecule has 0 fully saturated rings. The summed E-state index contributed by atoms with van der Waals surface area (Å²) in [5.74, 6) is 0. The summed E-state index contributed by atoms with van der Waals surface area (Å²) in [5, 5.41) is 0. The minimum Gasteiger partial charge on any atom is -0.0703 e. The summed E-state index contributed by atoms with van der Waals surface area (Å²) in [6.45, 7) is 0. The van der Waals surface area contributed by atoms with Crippen LogP contribution in [0.5, 0.6) is 0 Å². The van der Waals surface area contributed by atoms with E-state index in [1.165, 1.54) is 32.1 Å². The summed E-state index contributed by atoms with van der Waals surface area (Å²) in [4.78, 5) is 0. The van der Waals surface area contributed by atoms with Crippen LogP contribution in [0.1, 0.15) is 32.1 Å². The zero-order valence-electron chi connectivity index (χ0n) is 5.04. The second-order valence-electron chi connectivity index (χ2n) is 2.61. The van der Waals surface area contributed by atoms with Gasteiger partial charge in [-0.15, -0.1) is 0 Å². The Kier molecular flexibility index (Phi) is 0.927. The van der Waals surface area contributed by atoms with E-state index in [0.717, 1.165) is 0 Å². The van der Waals surface area contributed by atoms with Crippen molar-refractivity contribution in [2.75, 3.05) is 0 Å². The molecule has 0 heterocycles. The topological polar surface area (TPSA) is 0 Å². The van der Waals surface area contributed by atoms with Crippen LogP contribution < -0.4 is 0 Å². The Bertz CT molecular complexity index is 103. The summed E-state index contributed by atoms with van der Waals surface area (Å²) in [6.07, 6.45) is 10.0. The van der Waals surface area contributed by atoms with E-state index in [2.05, 4.69) is 6.42 Å². The molecule has 0 saturated carbocycles. The van der Waals surface area contributed by atoms with E-state index in [4.69, 9.17) is 0 Å². The fourth-order valence-electron chi connectivity index (χ4n) is 1.66. The first-order valence-electron chi connectivity index (χ1n) is 3.41. The first kappa shape index (κ1) is 4.60. The molecule has 2 rings (SSSR count). The van der Waals surface area contributed by atoms with Gasteiger partial charge in [-0.1, -0.05) is 11.1 Å². The molecule has 0 N–H and O–H groups in total. The molecular formula is C8H10. The van der Waals surface area contributed by atoms with Crippen LogP contribution >= 0.6 is 0 Å². The van der Waals surface area contributed by atoms with Crippen LogP contribution in [-0.2, 0) is 0 Å². The highest BCUT2D eigenvalue weighted by molar-refractivity contribution is 5.31. The highest BCUT2D eigenvalue weighted by Crippen LogP contribution is 2.37. The molecule has 8 heavy (non-hydrogen) atoms. The molecule has 0 saturated heterocycles. The highest BCUT2D eigenvalue weighted by atomic mass is 14.2. The second-order valence-corrected chi connectivity index (χ2v) is 2.61. The average molecular weight is 106 g/mol. The van der Waals surface area contributed by atoms with Gasteiger partial charge in [0, 0.05) is 6.42 Å². The van der Waals surface area contributed by atoms with E-state index in [-0.39, 0.29) is 0 Å². The molecule has 0 atom stereocenters. The van der Waals surface area contributed by atoms with E-state index < -0.39 is 0 Å². The van der Waals surface area contributed by atoms with Gasteiger partial charge < -0.3 is 0 Å². The Balaban J connectivity index is 2.23. The van der Waals surface area contributed by atoms with Crippen molar-refractivity contribution < 1.29 is 0 Å². The van der Waals surface area contributed by atoms with Gasteiger partial charge in [0.15, 0.2) is 0 Å². The first-order chi connectivity index (χ1) is 3.97. The molecule has 0 nitrogen and oxygen atoms in total. The number of hydrogen-bond acceptors (Lipinski definition) is 0. The summed E-state index contributed by atoms with van der Waals surface area (Å²) >= 11 is 0. The van der Waals surface area contributed by atoms with Gasteiger partial charge in [-0.05, 0) is 32.1 Å². The Labute approximate surface area is 50.6 Å². The summed E-state index contributed by atoms with van der Waals surface area (Å²) in [5.41, 5.74) is 3.29. The van der Waals surface area contributed by atoms with Crippen LogP contribution in [0.15, 0.2) is 11.1 Å². The molecular weight excluding hydrogens is 96.1 g/mol. The molecule has 2 radical (unpaired) electrons. The Morgan fingerprint density at radius 1 is 1.12 bits per heavy atom. The van der Waals surface area contributed by atoms with Gasteiger partial charge in [0.05, 0.1) is 0 Å². The maximum atomic E-state index is 3.40. The Morgan fingerprint density at radius 3 is 3.00 bits per heavy atom. The van der Waals surface area contributed by atoms with Crippen LogP contribution in [0.2, 0.25) is 0 Å². The molecule has 0 bridgehead atoms. The van der Waals surface area contributed by atoms with Crippen LogP contribution in [0.3, 0.4) is 0 Å². The number of rotatable bonds is 0. The number of hydrogen-bond donors (Lipinski definition) is 0. The average Bonchev–Trinajstić information content (AvgIpc) is 2.15.